The number of amides is 1. The van der Waals surface area contributed by atoms with E-state index in [-0.39, 0.29) is 5.91 Å². The number of hydrogen-bond acceptors (Lipinski definition) is 1. The van der Waals surface area contributed by atoms with Crippen molar-refractivity contribution in [3.63, 3.8) is 0 Å². The molecule has 2 N–H and O–H groups in total. The number of aryl methyl sites for hydroxylation is 1. The number of halogens is 2. The zero-order valence-electron chi connectivity index (χ0n) is 13.1. The molecule has 0 saturated carbocycles. The number of anilines is 1. The molecular weight excluding hydrogens is 432 g/mol. The van der Waals surface area contributed by atoms with E-state index in [0.29, 0.717) is 5.57 Å². The van der Waals surface area contributed by atoms with Gasteiger partial charge in [-0.05, 0) is 53.5 Å². The van der Waals surface area contributed by atoms with Gasteiger partial charge in [0.15, 0.2) is 0 Å². The highest BCUT2D eigenvalue weighted by Gasteiger charge is 2.29. The molecule has 24 heavy (non-hydrogen) atoms. The molecule has 1 aliphatic heterocycles. The minimum atomic E-state index is -0.0726. The van der Waals surface area contributed by atoms with Gasteiger partial charge in [0.2, 0.25) is 0 Å². The maximum atomic E-state index is 12.6. The number of benzene rings is 2. The monoisotopic (exact) mass is 444 g/mol. The van der Waals surface area contributed by atoms with Gasteiger partial charge in [-0.1, -0.05) is 34.1 Å². The van der Waals surface area contributed by atoms with E-state index in [1.165, 1.54) is 0 Å². The molecule has 5 heteroatoms. The summed E-state index contributed by atoms with van der Waals surface area (Å²) < 4.78 is 1.86. The Bertz CT molecular complexity index is 1050. The van der Waals surface area contributed by atoms with Crippen LogP contribution in [-0.2, 0) is 4.79 Å². The van der Waals surface area contributed by atoms with Gasteiger partial charge >= 0.3 is 0 Å². The Hall–Kier alpha value is -1.85. The molecule has 0 unspecified atom stereocenters. The third-order valence-corrected chi connectivity index (χ3v) is 5.91. The zero-order chi connectivity index (χ0) is 17.0. The van der Waals surface area contributed by atoms with Crippen LogP contribution in [0.1, 0.15) is 22.4 Å². The third-order valence-electron chi connectivity index (χ3n) is 4.46. The molecule has 0 atom stereocenters. The van der Waals surface area contributed by atoms with Crippen molar-refractivity contribution in [2.24, 2.45) is 0 Å². The highest BCUT2D eigenvalue weighted by atomic mass is 79.9. The minimum Gasteiger partial charge on any atom is -0.358 e. The van der Waals surface area contributed by atoms with Crippen LogP contribution in [0, 0.1) is 13.8 Å². The molecule has 4 rings (SSSR count). The minimum absolute atomic E-state index is 0.0726. The summed E-state index contributed by atoms with van der Waals surface area (Å²) in [5.74, 6) is -0.0726. The van der Waals surface area contributed by atoms with E-state index in [9.17, 15) is 4.79 Å². The van der Waals surface area contributed by atoms with E-state index in [1.807, 2.05) is 44.2 Å². The van der Waals surface area contributed by atoms with Crippen LogP contribution in [0.2, 0.25) is 0 Å². The van der Waals surface area contributed by atoms with E-state index >= 15 is 0 Å². The number of fused-ring (bicyclic) bond motifs is 2. The molecule has 2 aromatic carbocycles. The highest BCUT2D eigenvalue weighted by molar-refractivity contribution is 9.11. The average Bonchev–Trinajstić information content (AvgIpc) is 3.04. The number of nitrogens with one attached hydrogen (secondary N) is 2. The lowest BCUT2D eigenvalue weighted by Crippen LogP contribution is -2.03. The van der Waals surface area contributed by atoms with Crippen LogP contribution >= 0.6 is 31.9 Å². The first-order valence-electron chi connectivity index (χ1n) is 7.56. The van der Waals surface area contributed by atoms with Crippen LogP contribution in [0.3, 0.4) is 0 Å². The smallest absolute Gasteiger partial charge is 0.256 e. The van der Waals surface area contributed by atoms with Gasteiger partial charge in [-0.15, -0.1) is 0 Å². The van der Waals surface area contributed by atoms with Gasteiger partial charge in [-0.2, -0.15) is 0 Å². The molecule has 1 amide bonds. The fourth-order valence-electron chi connectivity index (χ4n) is 3.24. The topological polar surface area (TPSA) is 44.9 Å². The molecule has 3 nitrogen and oxygen atoms in total. The Morgan fingerprint density at radius 3 is 2.62 bits per heavy atom. The fourth-order valence-corrected chi connectivity index (χ4v) is 4.50. The number of rotatable bonds is 1. The first kappa shape index (κ1) is 15.7. The van der Waals surface area contributed by atoms with Gasteiger partial charge in [0, 0.05) is 36.7 Å². The number of aromatic nitrogens is 1. The Morgan fingerprint density at radius 2 is 1.83 bits per heavy atom. The molecule has 0 fully saturated rings. The Kier molecular flexibility index (Phi) is 3.66. The van der Waals surface area contributed by atoms with Crippen molar-refractivity contribution in [2.45, 2.75) is 13.8 Å². The summed E-state index contributed by atoms with van der Waals surface area (Å²) in [4.78, 5) is 16.0. The molecule has 0 radical (unpaired) electrons. The molecule has 0 spiro atoms. The summed E-state index contributed by atoms with van der Waals surface area (Å²) in [5, 5.41) is 4.10. The van der Waals surface area contributed by atoms with Gasteiger partial charge in [-0.25, -0.2) is 0 Å². The summed E-state index contributed by atoms with van der Waals surface area (Å²) in [6, 6.07) is 10.1. The molecule has 120 valence electrons. The van der Waals surface area contributed by atoms with Crippen molar-refractivity contribution in [3.8, 4) is 0 Å². The Balaban J connectivity index is 2.00. The van der Waals surface area contributed by atoms with Crippen molar-refractivity contribution < 1.29 is 4.79 Å². The third kappa shape index (κ3) is 2.26. The molecule has 0 bridgehead atoms. The maximum absolute atomic E-state index is 12.6. The van der Waals surface area contributed by atoms with Crippen LogP contribution in [-0.4, -0.2) is 10.9 Å². The lowest BCUT2D eigenvalue weighted by Gasteiger charge is -2.08. The zero-order valence-corrected chi connectivity index (χ0v) is 16.3. The van der Waals surface area contributed by atoms with Crippen molar-refractivity contribution >= 4 is 66.0 Å². The summed E-state index contributed by atoms with van der Waals surface area (Å²) in [5.41, 5.74) is 6.71. The van der Waals surface area contributed by atoms with Gasteiger partial charge in [0.1, 0.15) is 0 Å². The molecule has 1 aliphatic rings. The molecular formula is C19H14Br2N2O. The van der Waals surface area contributed by atoms with Gasteiger partial charge in [0.05, 0.1) is 11.3 Å². The fraction of sp³-hybridized carbons (Fsp3) is 0.105. The molecule has 0 saturated heterocycles. The number of para-hydroxylation sites is 1. The lowest BCUT2D eigenvalue weighted by molar-refractivity contribution is -0.110. The normalized spacial score (nSPS) is 15.2. The first-order valence-corrected chi connectivity index (χ1v) is 9.15. The van der Waals surface area contributed by atoms with E-state index in [2.05, 4.69) is 48.2 Å². The second kappa shape index (κ2) is 5.60. The highest BCUT2D eigenvalue weighted by Crippen LogP contribution is 2.43. The quantitative estimate of drug-likeness (QED) is 0.456. The predicted octanol–water partition coefficient (Wildman–Crippen LogP) is 5.80. The van der Waals surface area contributed by atoms with Gasteiger partial charge in [0.25, 0.3) is 5.91 Å². The van der Waals surface area contributed by atoms with Crippen molar-refractivity contribution in [1.29, 1.82) is 0 Å². The van der Waals surface area contributed by atoms with Crippen LogP contribution in [0.15, 0.2) is 39.3 Å². The van der Waals surface area contributed by atoms with Gasteiger partial charge < -0.3 is 10.3 Å². The molecule has 1 aromatic heterocycles. The first-order chi connectivity index (χ1) is 11.5. The van der Waals surface area contributed by atoms with E-state index in [1.54, 1.807) is 0 Å². The standard InChI is InChI=1S/C19H14Br2N2O/c1-9-14(20)8-15(21)18-17(9)13(19(24)23-18)7-12-10(2)22-16-6-4-3-5-11(12)16/h3-8,22H,1-2H3,(H,23,24). The Morgan fingerprint density at radius 1 is 1.08 bits per heavy atom. The van der Waals surface area contributed by atoms with Crippen molar-refractivity contribution in [2.75, 3.05) is 5.32 Å². The molecule has 0 aliphatic carbocycles. The number of H-pyrrole nitrogens is 1. The van der Waals surface area contributed by atoms with Gasteiger partial charge in [-0.3, -0.25) is 4.79 Å². The molecule has 3 aromatic rings. The number of carbonyl (C=O) groups excluding carboxylic acids is 1. The summed E-state index contributed by atoms with van der Waals surface area (Å²) in [6.45, 7) is 4.05. The second-order valence-electron chi connectivity index (χ2n) is 5.94. The molecule has 2 heterocycles. The van der Waals surface area contributed by atoms with Crippen LogP contribution < -0.4 is 5.32 Å². The summed E-state index contributed by atoms with van der Waals surface area (Å²) in [7, 11) is 0. The number of aromatic amines is 1. The van der Waals surface area contributed by atoms with Crippen LogP contribution in [0.5, 0.6) is 0 Å². The van der Waals surface area contributed by atoms with Crippen LogP contribution in [0.4, 0.5) is 5.69 Å². The largest absolute Gasteiger partial charge is 0.358 e. The van der Waals surface area contributed by atoms with Crippen LogP contribution in [0.25, 0.3) is 22.6 Å². The maximum Gasteiger partial charge on any atom is 0.256 e. The Labute approximate surface area is 156 Å². The number of hydrogen-bond donors (Lipinski definition) is 2. The summed E-state index contributed by atoms with van der Waals surface area (Å²) >= 11 is 7.12. The lowest BCUT2D eigenvalue weighted by atomic mass is 9.98. The SMILES string of the molecule is Cc1[nH]c2ccccc2c1C=C1C(=O)Nc2c(Br)cc(Br)c(C)c21. The summed E-state index contributed by atoms with van der Waals surface area (Å²) in [6.07, 6.45) is 1.99. The van der Waals surface area contributed by atoms with Crippen molar-refractivity contribution in [1.82, 2.24) is 4.98 Å². The van der Waals surface area contributed by atoms with Crippen molar-refractivity contribution in [3.05, 3.63) is 61.7 Å². The second-order valence-corrected chi connectivity index (χ2v) is 7.65. The van der Waals surface area contributed by atoms with E-state index in [0.717, 1.165) is 47.9 Å². The predicted molar refractivity (Wildman–Crippen MR) is 106 cm³/mol. The average molecular weight is 446 g/mol. The van der Waals surface area contributed by atoms with E-state index < -0.39 is 0 Å². The number of carbonyl (C=O) groups is 1. The van der Waals surface area contributed by atoms with E-state index in [4.69, 9.17) is 0 Å².